The molecule has 0 unspecified atom stereocenters. The van der Waals surface area contributed by atoms with Gasteiger partial charge in [-0.2, -0.15) is 0 Å². The predicted octanol–water partition coefficient (Wildman–Crippen LogP) is 1.59. The number of sulfone groups is 1. The molecule has 2 amide bonds. The summed E-state index contributed by atoms with van der Waals surface area (Å²) in [5.41, 5.74) is 0.849. The van der Waals surface area contributed by atoms with E-state index in [2.05, 4.69) is 5.32 Å². The number of thioether (sulfide) groups is 1. The van der Waals surface area contributed by atoms with Crippen LogP contribution in [0.5, 0.6) is 5.75 Å². The summed E-state index contributed by atoms with van der Waals surface area (Å²) < 4.78 is 28.4. The maximum absolute atomic E-state index is 12.6. The third kappa shape index (κ3) is 5.12. The van der Waals surface area contributed by atoms with Crippen LogP contribution in [0.1, 0.15) is 18.4 Å². The highest BCUT2D eigenvalue weighted by molar-refractivity contribution is 8.26. The highest BCUT2D eigenvalue weighted by Crippen LogP contribution is 2.32. The van der Waals surface area contributed by atoms with Crippen molar-refractivity contribution in [2.75, 3.05) is 25.2 Å². The van der Waals surface area contributed by atoms with Crippen molar-refractivity contribution < 1.29 is 22.7 Å². The van der Waals surface area contributed by atoms with Gasteiger partial charge in [0.2, 0.25) is 5.91 Å². The SMILES string of the molecule is COc1ccc(/C=C2\SC(=S)N(CCC(=O)N[C@H]3CCS(=O)(=O)C3)C2=O)cc1. The van der Waals surface area contributed by atoms with Crippen molar-refractivity contribution in [2.24, 2.45) is 0 Å². The molecule has 0 radical (unpaired) electrons. The van der Waals surface area contributed by atoms with Crippen LogP contribution in [-0.4, -0.2) is 60.7 Å². The van der Waals surface area contributed by atoms with Crippen LogP contribution in [0.3, 0.4) is 0 Å². The van der Waals surface area contributed by atoms with Gasteiger partial charge in [-0.05, 0) is 30.2 Å². The second kappa shape index (κ2) is 8.62. The summed E-state index contributed by atoms with van der Waals surface area (Å²) in [6, 6.07) is 6.95. The molecule has 0 aromatic heterocycles. The fraction of sp³-hybridized carbons (Fsp3) is 0.389. The van der Waals surface area contributed by atoms with Crippen LogP contribution >= 0.6 is 24.0 Å². The Balaban J connectivity index is 1.56. The molecule has 0 bridgehead atoms. The lowest BCUT2D eigenvalue weighted by Crippen LogP contribution is -2.38. The maximum atomic E-state index is 12.6. The van der Waals surface area contributed by atoms with Gasteiger partial charge in [0.15, 0.2) is 9.84 Å². The molecule has 1 aromatic rings. The minimum absolute atomic E-state index is 0.0234. The molecular weight excluding hydrogens is 420 g/mol. The number of nitrogens with one attached hydrogen (secondary N) is 1. The second-order valence-corrected chi connectivity index (χ2v) is 10.4. The fourth-order valence-corrected chi connectivity index (χ4v) is 5.95. The predicted molar refractivity (Wildman–Crippen MR) is 113 cm³/mol. The number of hydrogen-bond donors (Lipinski definition) is 1. The molecule has 1 N–H and O–H groups in total. The van der Waals surface area contributed by atoms with E-state index in [1.165, 1.54) is 16.7 Å². The number of benzene rings is 1. The number of thiocarbonyl (C=S) groups is 1. The first kappa shape index (κ1) is 20.8. The summed E-state index contributed by atoms with van der Waals surface area (Å²) in [6.45, 7) is 0.163. The van der Waals surface area contributed by atoms with Crippen LogP contribution in [0.2, 0.25) is 0 Å². The van der Waals surface area contributed by atoms with Gasteiger partial charge in [0.1, 0.15) is 10.1 Å². The Bertz CT molecular complexity index is 925. The van der Waals surface area contributed by atoms with E-state index in [0.717, 1.165) is 11.3 Å². The molecule has 3 rings (SSSR count). The van der Waals surface area contributed by atoms with Crippen molar-refractivity contribution >= 4 is 56.0 Å². The average molecular weight is 441 g/mol. The molecule has 0 aliphatic carbocycles. The summed E-state index contributed by atoms with van der Waals surface area (Å²) >= 11 is 6.47. The summed E-state index contributed by atoms with van der Waals surface area (Å²) in [7, 11) is -1.46. The number of nitrogens with zero attached hydrogens (tertiary/aromatic N) is 1. The Morgan fingerprint density at radius 2 is 2.11 bits per heavy atom. The van der Waals surface area contributed by atoms with Crippen LogP contribution in [0.25, 0.3) is 6.08 Å². The van der Waals surface area contributed by atoms with Gasteiger partial charge < -0.3 is 10.1 Å². The molecule has 10 heteroatoms. The lowest BCUT2D eigenvalue weighted by Gasteiger charge is -2.15. The number of amides is 2. The maximum Gasteiger partial charge on any atom is 0.266 e. The Morgan fingerprint density at radius 1 is 1.39 bits per heavy atom. The third-order valence-electron chi connectivity index (χ3n) is 4.45. The summed E-state index contributed by atoms with van der Waals surface area (Å²) in [5, 5.41) is 2.72. The summed E-state index contributed by atoms with van der Waals surface area (Å²) in [4.78, 5) is 26.6. The molecule has 28 heavy (non-hydrogen) atoms. The first-order valence-corrected chi connectivity index (χ1v) is 11.7. The monoisotopic (exact) mass is 440 g/mol. The summed E-state index contributed by atoms with van der Waals surface area (Å²) in [5.74, 6) is 0.288. The average Bonchev–Trinajstić information content (AvgIpc) is 3.12. The number of carbonyl (C=O) groups excluding carboxylic acids is 2. The van der Waals surface area contributed by atoms with Gasteiger partial charge in [-0.1, -0.05) is 36.1 Å². The molecule has 1 aromatic carbocycles. The smallest absolute Gasteiger partial charge is 0.266 e. The topological polar surface area (TPSA) is 92.8 Å². The molecule has 2 fully saturated rings. The first-order chi connectivity index (χ1) is 13.3. The largest absolute Gasteiger partial charge is 0.497 e. The molecule has 150 valence electrons. The van der Waals surface area contributed by atoms with Gasteiger partial charge >= 0.3 is 0 Å². The van der Waals surface area contributed by atoms with E-state index in [9.17, 15) is 18.0 Å². The van der Waals surface area contributed by atoms with E-state index in [-0.39, 0.29) is 42.3 Å². The standard InChI is InChI=1S/C18H20N2O5S3/c1-25-14-4-2-12(3-5-14)10-15-17(22)20(18(26)27-15)8-6-16(21)19-13-7-9-28(23,24)11-13/h2-5,10,13H,6-9,11H2,1H3,(H,19,21)/b15-10-/t13-/m0/s1. The second-order valence-electron chi connectivity index (χ2n) is 6.52. The zero-order valence-corrected chi connectivity index (χ0v) is 17.7. The molecule has 2 saturated heterocycles. The molecule has 2 aliphatic heterocycles. The van der Waals surface area contributed by atoms with E-state index < -0.39 is 9.84 Å². The van der Waals surface area contributed by atoms with Gasteiger partial charge in [0, 0.05) is 19.0 Å². The van der Waals surface area contributed by atoms with Crippen molar-refractivity contribution in [1.82, 2.24) is 10.2 Å². The Hall–Kier alpha value is -1.91. The number of rotatable bonds is 6. The van der Waals surface area contributed by atoms with Crippen molar-refractivity contribution in [1.29, 1.82) is 0 Å². The van der Waals surface area contributed by atoms with Crippen LogP contribution in [-0.2, 0) is 19.4 Å². The third-order valence-corrected chi connectivity index (χ3v) is 7.59. The number of methoxy groups -OCH3 is 1. The van der Waals surface area contributed by atoms with E-state index in [0.29, 0.717) is 15.6 Å². The molecule has 2 heterocycles. The Morgan fingerprint density at radius 3 is 2.71 bits per heavy atom. The molecule has 7 nitrogen and oxygen atoms in total. The molecule has 0 spiro atoms. The van der Waals surface area contributed by atoms with Crippen LogP contribution in [0.4, 0.5) is 0 Å². The van der Waals surface area contributed by atoms with E-state index in [1.54, 1.807) is 25.3 Å². The molecule has 0 saturated carbocycles. The fourth-order valence-electron chi connectivity index (χ4n) is 2.97. The van der Waals surface area contributed by atoms with Crippen molar-refractivity contribution in [2.45, 2.75) is 18.9 Å². The van der Waals surface area contributed by atoms with Gasteiger partial charge in [-0.15, -0.1) is 0 Å². The molecule has 2 aliphatic rings. The molecule has 1 atom stereocenters. The van der Waals surface area contributed by atoms with E-state index in [4.69, 9.17) is 17.0 Å². The minimum atomic E-state index is -3.05. The highest BCUT2D eigenvalue weighted by Gasteiger charge is 2.33. The van der Waals surface area contributed by atoms with Crippen molar-refractivity contribution in [3.8, 4) is 5.75 Å². The van der Waals surface area contributed by atoms with Crippen LogP contribution in [0, 0.1) is 0 Å². The number of hydrogen-bond acceptors (Lipinski definition) is 7. The number of carbonyl (C=O) groups is 2. The van der Waals surface area contributed by atoms with Crippen LogP contribution < -0.4 is 10.1 Å². The Kier molecular flexibility index (Phi) is 6.41. The van der Waals surface area contributed by atoms with E-state index >= 15 is 0 Å². The quantitative estimate of drug-likeness (QED) is 0.530. The first-order valence-electron chi connectivity index (χ1n) is 8.66. The van der Waals surface area contributed by atoms with Gasteiger partial charge in [0.05, 0.1) is 23.5 Å². The van der Waals surface area contributed by atoms with Gasteiger partial charge in [0.25, 0.3) is 5.91 Å². The van der Waals surface area contributed by atoms with Gasteiger partial charge in [-0.3, -0.25) is 14.5 Å². The van der Waals surface area contributed by atoms with Crippen molar-refractivity contribution in [3.63, 3.8) is 0 Å². The summed E-state index contributed by atoms with van der Waals surface area (Å²) in [6.07, 6.45) is 2.25. The van der Waals surface area contributed by atoms with Crippen LogP contribution in [0.15, 0.2) is 29.2 Å². The highest BCUT2D eigenvalue weighted by atomic mass is 32.2. The minimum Gasteiger partial charge on any atom is -0.497 e. The zero-order valence-electron chi connectivity index (χ0n) is 15.2. The lowest BCUT2D eigenvalue weighted by atomic mass is 10.2. The normalized spacial score (nSPS) is 22.7. The van der Waals surface area contributed by atoms with E-state index in [1.807, 2.05) is 12.1 Å². The molecular formula is C18H20N2O5S3. The lowest BCUT2D eigenvalue weighted by molar-refractivity contribution is -0.124. The van der Waals surface area contributed by atoms with Gasteiger partial charge in [-0.25, -0.2) is 8.42 Å². The van der Waals surface area contributed by atoms with Crippen molar-refractivity contribution in [3.05, 3.63) is 34.7 Å². The zero-order chi connectivity index (χ0) is 20.3. The Labute approximate surface area is 173 Å². The number of ether oxygens (including phenoxy) is 1.